The van der Waals surface area contributed by atoms with Gasteiger partial charge in [-0.1, -0.05) is 20.8 Å². The third kappa shape index (κ3) is 5.08. The molecule has 6 heteroatoms. The van der Waals surface area contributed by atoms with Crippen molar-refractivity contribution in [1.29, 1.82) is 0 Å². The molecule has 0 fully saturated rings. The van der Waals surface area contributed by atoms with Gasteiger partial charge in [-0.3, -0.25) is 9.59 Å². The van der Waals surface area contributed by atoms with Crippen LogP contribution in [0.1, 0.15) is 44.6 Å². The number of hydrogen-bond acceptors (Lipinski definition) is 3. The Morgan fingerprint density at radius 1 is 1.19 bits per heavy atom. The van der Waals surface area contributed by atoms with E-state index in [1.165, 1.54) is 0 Å². The Hall–Kier alpha value is -2.34. The van der Waals surface area contributed by atoms with Crippen molar-refractivity contribution in [2.24, 2.45) is 5.41 Å². The number of nitrogens with one attached hydrogen (secondary N) is 2. The molecule has 0 spiro atoms. The smallest absolute Gasteiger partial charge is 0.268 e. The number of anilines is 1. The Balaban J connectivity index is 2.23. The molecule has 2 aromatic rings. The summed E-state index contributed by atoms with van der Waals surface area (Å²) in [5.74, 6) is -0.136. The van der Waals surface area contributed by atoms with Gasteiger partial charge in [0.1, 0.15) is 5.69 Å². The van der Waals surface area contributed by atoms with Gasteiger partial charge in [0, 0.05) is 43.2 Å². The minimum absolute atomic E-state index is 0.00990. The van der Waals surface area contributed by atoms with Crippen molar-refractivity contribution >= 4 is 28.4 Å². The van der Waals surface area contributed by atoms with E-state index in [2.05, 4.69) is 10.6 Å². The van der Waals surface area contributed by atoms with Gasteiger partial charge in [-0.2, -0.15) is 0 Å². The molecule has 2 N–H and O–H groups in total. The van der Waals surface area contributed by atoms with E-state index in [-0.39, 0.29) is 17.2 Å². The number of benzene rings is 1. The average Bonchev–Trinajstić information content (AvgIpc) is 2.90. The zero-order chi connectivity index (χ0) is 19.3. The fourth-order valence-electron chi connectivity index (χ4n) is 2.92. The van der Waals surface area contributed by atoms with E-state index >= 15 is 0 Å². The summed E-state index contributed by atoms with van der Waals surface area (Å²) in [5.41, 5.74) is 2.26. The van der Waals surface area contributed by atoms with E-state index in [4.69, 9.17) is 4.74 Å². The van der Waals surface area contributed by atoms with Gasteiger partial charge in [0.2, 0.25) is 5.91 Å². The summed E-state index contributed by atoms with van der Waals surface area (Å²) in [7, 11) is 1.60. The van der Waals surface area contributed by atoms with E-state index in [1.807, 2.05) is 56.5 Å². The monoisotopic (exact) mass is 359 g/mol. The SMILES string of the molecule is CCn1c(C(=O)NCCOC)cc2cc(NC(=O)CC(C)(C)C)ccc21. The summed E-state index contributed by atoms with van der Waals surface area (Å²) in [6, 6.07) is 7.59. The van der Waals surface area contributed by atoms with Gasteiger partial charge in [0.15, 0.2) is 0 Å². The first-order valence-corrected chi connectivity index (χ1v) is 8.95. The highest BCUT2D eigenvalue weighted by atomic mass is 16.5. The third-order valence-electron chi connectivity index (χ3n) is 4.02. The molecule has 2 amide bonds. The molecule has 1 aromatic carbocycles. The highest BCUT2D eigenvalue weighted by Crippen LogP contribution is 2.25. The van der Waals surface area contributed by atoms with Crippen LogP contribution in [-0.2, 0) is 16.1 Å². The molecule has 0 unspecified atom stereocenters. The maximum absolute atomic E-state index is 12.4. The average molecular weight is 359 g/mol. The van der Waals surface area contributed by atoms with Crippen LogP contribution in [0.25, 0.3) is 10.9 Å². The quantitative estimate of drug-likeness (QED) is 0.744. The lowest BCUT2D eigenvalue weighted by molar-refractivity contribution is -0.117. The van der Waals surface area contributed by atoms with Gasteiger partial charge in [0.05, 0.1) is 6.61 Å². The van der Waals surface area contributed by atoms with Crippen LogP contribution >= 0.6 is 0 Å². The lowest BCUT2D eigenvalue weighted by atomic mass is 9.92. The number of amides is 2. The normalized spacial score (nSPS) is 11.6. The first-order chi connectivity index (χ1) is 12.2. The van der Waals surface area contributed by atoms with Crippen molar-refractivity contribution in [2.45, 2.75) is 40.7 Å². The molecule has 0 aliphatic heterocycles. The summed E-state index contributed by atoms with van der Waals surface area (Å²) < 4.78 is 6.94. The van der Waals surface area contributed by atoms with Crippen LogP contribution < -0.4 is 10.6 Å². The molecule has 142 valence electrons. The topological polar surface area (TPSA) is 72.4 Å². The minimum Gasteiger partial charge on any atom is -0.383 e. The molecule has 0 saturated heterocycles. The minimum atomic E-state index is -0.126. The van der Waals surface area contributed by atoms with Crippen LogP contribution in [0.5, 0.6) is 0 Å². The fourth-order valence-corrected chi connectivity index (χ4v) is 2.92. The van der Waals surface area contributed by atoms with Crippen molar-refractivity contribution < 1.29 is 14.3 Å². The number of nitrogens with zero attached hydrogens (tertiary/aromatic N) is 1. The molecule has 0 atom stereocenters. The third-order valence-corrected chi connectivity index (χ3v) is 4.02. The van der Waals surface area contributed by atoms with Crippen LogP contribution in [0.15, 0.2) is 24.3 Å². The van der Waals surface area contributed by atoms with Gasteiger partial charge >= 0.3 is 0 Å². The van der Waals surface area contributed by atoms with Crippen molar-refractivity contribution in [3.05, 3.63) is 30.0 Å². The number of hydrogen-bond donors (Lipinski definition) is 2. The lowest BCUT2D eigenvalue weighted by Crippen LogP contribution is -2.28. The lowest BCUT2D eigenvalue weighted by Gasteiger charge is -2.17. The second-order valence-electron chi connectivity index (χ2n) is 7.58. The predicted octanol–water partition coefficient (Wildman–Crippen LogP) is 3.41. The van der Waals surface area contributed by atoms with Crippen molar-refractivity contribution in [3.63, 3.8) is 0 Å². The number of fused-ring (bicyclic) bond motifs is 1. The van der Waals surface area contributed by atoms with E-state index < -0.39 is 0 Å². The van der Waals surface area contributed by atoms with Crippen LogP contribution in [0.3, 0.4) is 0 Å². The molecule has 26 heavy (non-hydrogen) atoms. The van der Waals surface area contributed by atoms with Gasteiger partial charge in [-0.25, -0.2) is 0 Å². The summed E-state index contributed by atoms with van der Waals surface area (Å²) in [4.78, 5) is 24.6. The number of carbonyl (C=O) groups excluding carboxylic acids is 2. The molecule has 0 saturated carbocycles. The van der Waals surface area contributed by atoms with E-state index in [9.17, 15) is 9.59 Å². The van der Waals surface area contributed by atoms with Crippen molar-refractivity contribution in [3.8, 4) is 0 Å². The standard InChI is InChI=1S/C20H29N3O3/c1-6-23-16-8-7-15(22-18(24)13-20(2,3)4)11-14(16)12-17(23)19(25)21-9-10-26-5/h7-8,11-12H,6,9-10,13H2,1-5H3,(H,21,25)(H,22,24). The van der Waals surface area contributed by atoms with E-state index in [0.29, 0.717) is 31.8 Å². The molecule has 1 aromatic heterocycles. The Morgan fingerprint density at radius 2 is 1.92 bits per heavy atom. The number of carbonyl (C=O) groups is 2. The van der Waals surface area contributed by atoms with Gasteiger partial charge < -0.3 is 19.9 Å². The summed E-state index contributed by atoms with van der Waals surface area (Å²) in [6.45, 7) is 9.73. The molecule has 0 aliphatic carbocycles. The zero-order valence-corrected chi connectivity index (χ0v) is 16.3. The summed E-state index contributed by atoms with van der Waals surface area (Å²) in [6.07, 6.45) is 0.453. The molecule has 2 rings (SSSR count). The van der Waals surface area contributed by atoms with Gasteiger partial charge in [-0.15, -0.1) is 0 Å². The Bertz CT molecular complexity index is 787. The first-order valence-electron chi connectivity index (χ1n) is 8.95. The Kier molecular flexibility index (Phi) is 6.42. The first kappa shape index (κ1) is 20.0. The number of aryl methyl sites for hydroxylation is 1. The van der Waals surface area contributed by atoms with E-state index in [1.54, 1.807) is 7.11 Å². The molecule has 0 bridgehead atoms. The Labute approximate surface area is 154 Å². The van der Waals surface area contributed by atoms with Gasteiger partial charge in [0.25, 0.3) is 5.91 Å². The summed E-state index contributed by atoms with van der Waals surface area (Å²) in [5, 5.41) is 6.72. The highest BCUT2D eigenvalue weighted by molar-refractivity contribution is 6.00. The largest absolute Gasteiger partial charge is 0.383 e. The van der Waals surface area contributed by atoms with Crippen LogP contribution in [0.2, 0.25) is 0 Å². The predicted molar refractivity (Wildman–Crippen MR) is 105 cm³/mol. The fraction of sp³-hybridized carbons (Fsp3) is 0.500. The maximum atomic E-state index is 12.4. The number of aromatic nitrogens is 1. The van der Waals surface area contributed by atoms with Crippen LogP contribution in [0, 0.1) is 5.41 Å². The molecule has 0 aliphatic rings. The van der Waals surface area contributed by atoms with Crippen LogP contribution in [-0.4, -0.2) is 36.6 Å². The maximum Gasteiger partial charge on any atom is 0.268 e. The second kappa shape index (κ2) is 8.36. The zero-order valence-electron chi connectivity index (χ0n) is 16.3. The summed E-state index contributed by atoms with van der Waals surface area (Å²) >= 11 is 0. The molecular weight excluding hydrogens is 330 g/mol. The molecule has 6 nitrogen and oxygen atoms in total. The van der Waals surface area contributed by atoms with Crippen molar-refractivity contribution in [1.82, 2.24) is 9.88 Å². The van der Waals surface area contributed by atoms with Crippen LogP contribution in [0.4, 0.5) is 5.69 Å². The van der Waals surface area contributed by atoms with Gasteiger partial charge in [-0.05, 0) is 36.6 Å². The molecular formula is C20H29N3O3. The number of rotatable bonds is 7. The number of ether oxygens (including phenoxy) is 1. The highest BCUT2D eigenvalue weighted by Gasteiger charge is 2.17. The van der Waals surface area contributed by atoms with Crippen molar-refractivity contribution in [2.75, 3.05) is 25.6 Å². The van der Waals surface area contributed by atoms with E-state index in [0.717, 1.165) is 16.6 Å². The Morgan fingerprint density at radius 3 is 2.54 bits per heavy atom. The molecule has 0 radical (unpaired) electrons. The second-order valence-corrected chi connectivity index (χ2v) is 7.58. The number of methoxy groups -OCH3 is 1. The molecule has 1 heterocycles.